The van der Waals surface area contributed by atoms with Crippen LogP contribution in [0.25, 0.3) is 0 Å². The molecule has 2 aliphatic heterocycles. The molecular formula is C16H19ClN4O2. The Hall–Kier alpha value is -1.79. The van der Waals surface area contributed by atoms with Crippen LogP contribution in [0.3, 0.4) is 0 Å². The van der Waals surface area contributed by atoms with Crippen molar-refractivity contribution in [3.05, 3.63) is 34.4 Å². The number of hydrogen-bond donors (Lipinski definition) is 0. The van der Waals surface area contributed by atoms with Gasteiger partial charge in [0.15, 0.2) is 11.5 Å². The normalized spacial score (nSPS) is 16.9. The van der Waals surface area contributed by atoms with Gasteiger partial charge in [0, 0.05) is 25.6 Å². The van der Waals surface area contributed by atoms with Gasteiger partial charge >= 0.3 is 0 Å². The van der Waals surface area contributed by atoms with E-state index in [1.807, 2.05) is 12.1 Å². The van der Waals surface area contributed by atoms with Gasteiger partial charge in [-0.1, -0.05) is 25.4 Å². The number of ether oxygens (including phenoxy) is 2. The largest absolute Gasteiger partial charge is 0.454 e. The van der Waals surface area contributed by atoms with Gasteiger partial charge < -0.3 is 14.0 Å². The van der Waals surface area contributed by atoms with Crippen LogP contribution in [0.15, 0.2) is 12.1 Å². The second-order valence-electron chi connectivity index (χ2n) is 6.30. The number of hydrogen-bond acceptors (Lipinski definition) is 5. The van der Waals surface area contributed by atoms with Gasteiger partial charge in [-0.25, -0.2) is 0 Å². The van der Waals surface area contributed by atoms with E-state index in [0.29, 0.717) is 16.7 Å². The van der Waals surface area contributed by atoms with Crippen molar-refractivity contribution in [2.45, 2.75) is 39.4 Å². The molecule has 0 atom stereocenters. The first kappa shape index (κ1) is 14.8. The first-order chi connectivity index (χ1) is 11.1. The maximum Gasteiger partial charge on any atom is 0.231 e. The molecule has 0 N–H and O–H groups in total. The van der Waals surface area contributed by atoms with Gasteiger partial charge in [0.05, 0.1) is 11.6 Å². The molecule has 0 radical (unpaired) electrons. The van der Waals surface area contributed by atoms with Gasteiger partial charge in [-0.05, 0) is 17.7 Å². The molecule has 0 saturated heterocycles. The van der Waals surface area contributed by atoms with Crippen LogP contribution in [0.4, 0.5) is 0 Å². The van der Waals surface area contributed by atoms with Gasteiger partial charge in [-0.15, -0.1) is 10.2 Å². The van der Waals surface area contributed by atoms with E-state index >= 15 is 0 Å². The van der Waals surface area contributed by atoms with Crippen LogP contribution < -0.4 is 9.47 Å². The van der Waals surface area contributed by atoms with Crippen LogP contribution in [0, 0.1) is 0 Å². The highest BCUT2D eigenvalue weighted by Gasteiger charge is 2.24. The Kier molecular flexibility index (Phi) is 3.66. The standard InChI is InChI=1S/C16H19ClN4O2/c1-10(2)16-19-18-14-8-20(3-4-21(14)16)7-11-5-12(17)15-13(6-11)22-9-23-15/h5-6,10H,3-4,7-9H2,1-2H3. The predicted octanol–water partition coefficient (Wildman–Crippen LogP) is 2.80. The monoisotopic (exact) mass is 334 g/mol. The van der Waals surface area contributed by atoms with E-state index in [2.05, 4.69) is 33.5 Å². The fourth-order valence-electron chi connectivity index (χ4n) is 3.16. The third kappa shape index (κ3) is 2.66. The van der Waals surface area contributed by atoms with E-state index in [9.17, 15) is 0 Å². The number of fused-ring (bicyclic) bond motifs is 2. The molecule has 0 amide bonds. The van der Waals surface area contributed by atoms with Crippen LogP contribution in [-0.2, 0) is 19.6 Å². The lowest BCUT2D eigenvalue weighted by Gasteiger charge is -2.28. The van der Waals surface area contributed by atoms with Gasteiger partial charge in [0.1, 0.15) is 11.6 Å². The minimum atomic E-state index is 0.239. The van der Waals surface area contributed by atoms with Crippen LogP contribution in [-0.4, -0.2) is 33.0 Å². The van der Waals surface area contributed by atoms with Crippen LogP contribution in [0.5, 0.6) is 11.5 Å². The molecule has 0 unspecified atom stereocenters. The Bertz CT molecular complexity index is 744. The van der Waals surface area contributed by atoms with Gasteiger partial charge in [-0.3, -0.25) is 4.90 Å². The average molecular weight is 335 g/mol. The zero-order valence-electron chi connectivity index (χ0n) is 13.3. The summed E-state index contributed by atoms with van der Waals surface area (Å²) in [4.78, 5) is 2.35. The number of rotatable bonds is 3. The summed E-state index contributed by atoms with van der Waals surface area (Å²) in [5, 5.41) is 9.28. The Morgan fingerprint density at radius 1 is 1.22 bits per heavy atom. The first-order valence-corrected chi connectivity index (χ1v) is 8.22. The molecule has 7 heteroatoms. The average Bonchev–Trinajstić information content (AvgIpc) is 3.13. The number of halogens is 1. The van der Waals surface area contributed by atoms with Crippen molar-refractivity contribution in [3.63, 3.8) is 0 Å². The van der Waals surface area contributed by atoms with E-state index < -0.39 is 0 Å². The number of benzene rings is 1. The number of nitrogens with zero attached hydrogens (tertiary/aromatic N) is 4. The first-order valence-electron chi connectivity index (χ1n) is 7.84. The molecule has 6 nitrogen and oxygen atoms in total. The summed E-state index contributed by atoms with van der Waals surface area (Å²) in [7, 11) is 0. The van der Waals surface area contributed by atoms with Crippen molar-refractivity contribution >= 4 is 11.6 Å². The SMILES string of the molecule is CC(C)c1nnc2n1CCN(Cc1cc(Cl)c3c(c1)OCO3)C2. The lowest BCUT2D eigenvalue weighted by atomic mass is 10.1. The van der Waals surface area contributed by atoms with Crippen molar-refractivity contribution in [1.82, 2.24) is 19.7 Å². The molecule has 122 valence electrons. The number of aromatic nitrogens is 3. The Morgan fingerprint density at radius 2 is 2.09 bits per heavy atom. The molecule has 0 spiro atoms. The Labute approximate surface area is 140 Å². The molecule has 4 rings (SSSR count). The Balaban J connectivity index is 1.51. The van der Waals surface area contributed by atoms with Gasteiger partial charge in [-0.2, -0.15) is 0 Å². The zero-order chi connectivity index (χ0) is 16.0. The maximum absolute atomic E-state index is 6.26. The maximum atomic E-state index is 6.26. The van der Waals surface area contributed by atoms with Crippen LogP contribution >= 0.6 is 11.6 Å². The summed E-state index contributed by atoms with van der Waals surface area (Å²) in [6.45, 7) is 8.04. The third-order valence-corrected chi connectivity index (χ3v) is 4.55. The van der Waals surface area contributed by atoms with Crippen molar-refractivity contribution in [2.24, 2.45) is 0 Å². The van der Waals surface area contributed by atoms with Gasteiger partial charge in [0.2, 0.25) is 6.79 Å². The molecule has 0 aliphatic carbocycles. The van der Waals surface area contributed by atoms with Gasteiger partial charge in [0.25, 0.3) is 0 Å². The van der Waals surface area contributed by atoms with Crippen LogP contribution in [0.1, 0.15) is 37.0 Å². The second kappa shape index (κ2) is 5.69. The van der Waals surface area contributed by atoms with Crippen molar-refractivity contribution < 1.29 is 9.47 Å². The highest BCUT2D eigenvalue weighted by molar-refractivity contribution is 6.32. The molecule has 2 aliphatic rings. The molecule has 2 aromatic rings. The fraction of sp³-hybridized carbons (Fsp3) is 0.500. The van der Waals surface area contributed by atoms with E-state index in [1.54, 1.807) is 0 Å². The van der Waals surface area contributed by atoms with E-state index in [4.69, 9.17) is 21.1 Å². The van der Waals surface area contributed by atoms with E-state index in [0.717, 1.165) is 49.1 Å². The highest BCUT2D eigenvalue weighted by atomic mass is 35.5. The quantitative estimate of drug-likeness (QED) is 0.864. The summed E-state index contributed by atoms with van der Waals surface area (Å²) in [5.41, 5.74) is 1.12. The second-order valence-corrected chi connectivity index (χ2v) is 6.71. The molecule has 3 heterocycles. The summed E-state index contributed by atoms with van der Waals surface area (Å²) in [6.07, 6.45) is 0. The van der Waals surface area contributed by atoms with Crippen LogP contribution in [0.2, 0.25) is 5.02 Å². The van der Waals surface area contributed by atoms with Crippen molar-refractivity contribution in [2.75, 3.05) is 13.3 Å². The fourth-order valence-corrected chi connectivity index (χ4v) is 3.45. The summed E-state index contributed by atoms with van der Waals surface area (Å²) in [6, 6.07) is 3.96. The third-order valence-electron chi connectivity index (χ3n) is 4.27. The Morgan fingerprint density at radius 3 is 2.91 bits per heavy atom. The van der Waals surface area contributed by atoms with Crippen molar-refractivity contribution in [3.8, 4) is 11.5 Å². The summed E-state index contributed by atoms with van der Waals surface area (Å²) in [5.74, 6) is 3.89. The molecule has 0 saturated carbocycles. The molecule has 23 heavy (non-hydrogen) atoms. The highest BCUT2D eigenvalue weighted by Crippen LogP contribution is 2.40. The summed E-state index contributed by atoms with van der Waals surface area (Å²) < 4.78 is 13.0. The minimum Gasteiger partial charge on any atom is -0.454 e. The predicted molar refractivity (Wildman–Crippen MR) is 85.8 cm³/mol. The lowest BCUT2D eigenvalue weighted by Crippen LogP contribution is -2.34. The van der Waals surface area contributed by atoms with E-state index in [-0.39, 0.29) is 6.79 Å². The lowest BCUT2D eigenvalue weighted by molar-refractivity contribution is 0.174. The molecule has 0 fully saturated rings. The smallest absolute Gasteiger partial charge is 0.231 e. The molecule has 1 aromatic carbocycles. The topological polar surface area (TPSA) is 52.4 Å². The molecule has 0 bridgehead atoms. The molecular weight excluding hydrogens is 316 g/mol. The van der Waals surface area contributed by atoms with E-state index in [1.165, 1.54) is 0 Å². The van der Waals surface area contributed by atoms with Crippen molar-refractivity contribution in [1.29, 1.82) is 0 Å². The summed E-state index contributed by atoms with van der Waals surface area (Å²) >= 11 is 6.26. The zero-order valence-corrected chi connectivity index (χ0v) is 14.0. The minimum absolute atomic E-state index is 0.239. The molecule has 1 aromatic heterocycles.